The van der Waals surface area contributed by atoms with E-state index in [0.717, 1.165) is 19.3 Å². The summed E-state index contributed by atoms with van der Waals surface area (Å²) in [5, 5.41) is 0. The fourth-order valence-electron chi connectivity index (χ4n) is 2.50. The zero-order chi connectivity index (χ0) is 22.5. The van der Waals surface area contributed by atoms with Gasteiger partial charge in [0.2, 0.25) is 0 Å². The van der Waals surface area contributed by atoms with Gasteiger partial charge in [0.05, 0.1) is 46.2 Å². The zero-order valence-corrected chi connectivity index (χ0v) is 19.9. The van der Waals surface area contributed by atoms with E-state index in [2.05, 4.69) is 6.92 Å². The van der Waals surface area contributed by atoms with Gasteiger partial charge in [-0.3, -0.25) is 9.05 Å². The molecule has 0 saturated carbocycles. The van der Waals surface area contributed by atoms with Crippen molar-refractivity contribution in [3.63, 3.8) is 0 Å². The SMILES string of the molecule is CCCCCCCCOP(=O)(OCCOCCOCCOCC)OOc1ccccc1. The van der Waals surface area contributed by atoms with E-state index in [9.17, 15) is 4.57 Å². The predicted molar refractivity (Wildman–Crippen MR) is 119 cm³/mol. The Balaban J connectivity index is 2.27. The maximum Gasteiger partial charge on any atom is 0.511 e. The minimum atomic E-state index is -3.87. The normalized spacial score (nSPS) is 13.2. The molecule has 0 fully saturated rings. The second-order valence-corrected chi connectivity index (χ2v) is 8.33. The summed E-state index contributed by atoms with van der Waals surface area (Å²) in [7, 11) is -3.87. The lowest BCUT2D eigenvalue weighted by molar-refractivity contribution is -0.134. The van der Waals surface area contributed by atoms with Crippen LogP contribution in [0.25, 0.3) is 0 Å². The third kappa shape index (κ3) is 16.3. The first-order valence-electron chi connectivity index (χ1n) is 11.2. The molecule has 1 rings (SSSR count). The Bertz CT molecular complexity index is 558. The molecule has 0 N–H and O–H groups in total. The minimum Gasteiger partial charge on any atom is -0.379 e. The Labute approximate surface area is 187 Å². The van der Waals surface area contributed by atoms with Gasteiger partial charge in [-0.2, -0.15) is 0 Å². The van der Waals surface area contributed by atoms with Gasteiger partial charge < -0.3 is 19.1 Å². The van der Waals surface area contributed by atoms with Gasteiger partial charge in [0, 0.05) is 6.61 Å². The Kier molecular flexibility index (Phi) is 17.8. The molecule has 9 heteroatoms. The topological polar surface area (TPSA) is 81.7 Å². The quantitative estimate of drug-likeness (QED) is 0.0958. The number of para-hydroxylation sites is 1. The molecule has 0 radical (unpaired) electrons. The molecule has 0 amide bonds. The van der Waals surface area contributed by atoms with Crippen LogP contribution in [0.5, 0.6) is 5.75 Å². The lowest BCUT2D eigenvalue weighted by atomic mass is 10.1. The summed E-state index contributed by atoms with van der Waals surface area (Å²) in [4.78, 5) is 5.14. The largest absolute Gasteiger partial charge is 0.511 e. The van der Waals surface area contributed by atoms with Crippen molar-refractivity contribution in [2.24, 2.45) is 0 Å². The van der Waals surface area contributed by atoms with E-state index in [1.54, 1.807) is 24.3 Å². The molecule has 180 valence electrons. The maximum atomic E-state index is 12.9. The first kappa shape index (κ1) is 28.0. The Morgan fingerprint density at radius 3 is 1.94 bits per heavy atom. The van der Waals surface area contributed by atoms with Crippen molar-refractivity contribution in [1.82, 2.24) is 0 Å². The molecule has 31 heavy (non-hydrogen) atoms. The molecular formula is C22H39O8P. The molecule has 0 heterocycles. The molecule has 0 aliphatic rings. The number of benzene rings is 1. The minimum absolute atomic E-state index is 0.0465. The van der Waals surface area contributed by atoms with E-state index in [1.165, 1.54) is 19.3 Å². The highest BCUT2D eigenvalue weighted by Crippen LogP contribution is 2.49. The van der Waals surface area contributed by atoms with E-state index in [1.807, 2.05) is 13.0 Å². The van der Waals surface area contributed by atoms with Crippen LogP contribution in [0.15, 0.2) is 30.3 Å². The predicted octanol–water partition coefficient (Wildman–Crippen LogP) is 5.57. The third-order valence-corrected chi connectivity index (χ3v) is 5.40. The number of hydrogen-bond acceptors (Lipinski definition) is 8. The van der Waals surface area contributed by atoms with E-state index in [0.29, 0.717) is 38.8 Å². The van der Waals surface area contributed by atoms with Gasteiger partial charge in [-0.25, -0.2) is 4.57 Å². The van der Waals surface area contributed by atoms with Crippen molar-refractivity contribution in [3.8, 4) is 5.75 Å². The molecule has 8 nitrogen and oxygen atoms in total. The van der Waals surface area contributed by atoms with Crippen LogP contribution in [0.3, 0.4) is 0 Å². The molecule has 0 spiro atoms. The standard InChI is InChI=1S/C22H39O8P/c1-3-5-6-7-8-12-15-27-31(23,30-29-22-13-10-9-11-14-22)28-21-20-26-19-18-25-17-16-24-4-2/h9-11,13-14H,3-8,12,15-21H2,1-2H3. The zero-order valence-electron chi connectivity index (χ0n) is 19.0. The molecule has 1 atom stereocenters. The number of ether oxygens (including phenoxy) is 3. The molecule has 0 saturated heterocycles. The molecule has 0 bridgehead atoms. The van der Waals surface area contributed by atoms with Crippen molar-refractivity contribution < 1.29 is 37.4 Å². The summed E-state index contributed by atoms with van der Waals surface area (Å²) >= 11 is 0. The summed E-state index contributed by atoms with van der Waals surface area (Å²) in [6.45, 7) is 7.29. The van der Waals surface area contributed by atoms with Crippen LogP contribution in [-0.2, 0) is 32.5 Å². The van der Waals surface area contributed by atoms with E-state index in [-0.39, 0.29) is 19.8 Å². The van der Waals surface area contributed by atoms with Crippen LogP contribution >= 0.6 is 7.82 Å². The number of rotatable bonds is 22. The van der Waals surface area contributed by atoms with E-state index in [4.69, 9.17) is 32.8 Å². The van der Waals surface area contributed by atoms with Crippen molar-refractivity contribution in [1.29, 1.82) is 0 Å². The Morgan fingerprint density at radius 2 is 1.26 bits per heavy atom. The van der Waals surface area contributed by atoms with Gasteiger partial charge in [0.1, 0.15) is 0 Å². The highest BCUT2D eigenvalue weighted by molar-refractivity contribution is 7.48. The number of phosphoric acid groups is 1. The summed E-state index contributed by atoms with van der Waals surface area (Å²) in [5.74, 6) is 0.412. The molecular weight excluding hydrogens is 423 g/mol. The number of hydrogen-bond donors (Lipinski definition) is 0. The monoisotopic (exact) mass is 462 g/mol. The fourth-order valence-corrected chi connectivity index (χ4v) is 3.48. The van der Waals surface area contributed by atoms with Crippen LogP contribution in [0, 0.1) is 0 Å². The van der Waals surface area contributed by atoms with Gasteiger partial charge in [-0.05, 0) is 25.5 Å². The van der Waals surface area contributed by atoms with Crippen molar-refractivity contribution in [2.45, 2.75) is 52.4 Å². The van der Waals surface area contributed by atoms with Crippen molar-refractivity contribution in [2.75, 3.05) is 52.9 Å². The van der Waals surface area contributed by atoms with Gasteiger partial charge in [0.25, 0.3) is 0 Å². The third-order valence-electron chi connectivity index (χ3n) is 4.14. The summed E-state index contributed by atoms with van der Waals surface area (Å²) in [6, 6.07) is 8.78. The van der Waals surface area contributed by atoms with Crippen LogP contribution in [0.4, 0.5) is 0 Å². The van der Waals surface area contributed by atoms with Crippen LogP contribution in [0.2, 0.25) is 0 Å². The van der Waals surface area contributed by atoms with E-state index < -0.39 is 7.82 Å². The fraction of sp³-hybridized carbons (Fsp3) is 0.727. The van der Waals surface area contributed by atoms with Gasteiger partial charge in [-0.1, -0.05) is 61.9 Å². The maximum absolute atomic E-state index is 12.9. The van der Waals surface area contributed by atoms with Crippen molar-refractivity contribution >= 4 is 7.82 Å². The summed E-state index contributed by atoms with van der Waals surface area (Å²) in [5.41, 5.74) is 0. The van der Waals surface area contributed by atoms with Gasteiger partial charge in [-0.15, -0.1) is 0 Å². The Morgan fingerprint density at radius 1 is 0.677 bits per heavy atom. The number of phosphoric ester groups is 1. The Hall–Kier alpha value is -0.990. The number of unbranched alkanes of at least 4 members (excludes halogenated alkanes) is 5. The van der Waals surface area contributed by atoms with Gasteiger partial charge in [0.15, 0.2) is 5.75 Å². The second kappa shape index (κ2) is 19.7. The molecule has 0 aliphatic carbocycles. The smallest absolute Gasteiger partial charge is 0.379 e. The highest BCUT2D eigenvalue weighted by Gasteiger charge is 2.29. The molecule has 0 aliphatic heterocycles. The lowest BCUT2D eigenvalue weighted by Crippen LogP contribution is -2.12. The second-order valence-electron chi connectivity index (χ2n) is 6.77. The van der Waals surface area contributed by atoms with Crippen LogP contribution in [-0.4, -0.2) is 52.9 Å². The van der Waals surface area contributed by atoms with Gasteiger partial charge >= 0.3 is 7.82 Å². The first-order valence-corrected chi connectivity index (χ1v) is 12.7. The lowest BCUT2D eigenvalue weighted by Gasteiger charge is -2.17. The molecule has 0 aromatic heterocycles. The summed E-state index contributed by atoms with van der Waals surface area (Å²) < 4.78 is 44.7. The summed E-state index contributed by atoms with van der Waals surface area (Å²) in [6.07, 6.45) is 6.54. The van der Waals surface area contributed by atoms with Crippen LogP contribution < -0.4 is 4.89 Å². The molecule has 1 unspecified atom stereocenters. The molecule has 1 aromatic carbocycles. The average molecular weight is 463 g/mol. The average Bonchev–Trinajstić information content (AvgIpc) is 2.79. The van der Waals surface area contributed by atoms with Crippen molar-refractivity contribution in [3.05, 3.63) is 30.3 Å². The van der Waals surface area contributed by atoms with Crippen LogP contribution in [0.1, 0.15) is 52.4 Å². The van der Waals surface area contributed by atoms with E-state index >= 15 is 0 Å². The highest BCUT2D eigenvalue weighted by atomic mass is 31.2. The molecule has 1 aromatic rings. The first-order chi connectivity index (χ1) is 15.2.